The number of hydrogen-bond acceptors (Lipinski definition) is 5. The highest BCUT2D eigenvalue weighted by Crippen LogP contribution is 2.65. The minimum absolute atomic E-state index is 0.0755. The molecule has 2 saturated carbocycles. The Morgan fingerprint density at radius 1 is 1.00 bits per heavy atom. The van der Waals surface area contributed by atoms with Crippen LogP contribution in [0.2, 0.25) is 0 Å². The zero-order valence-corrected chi connectivity index (χ0v) is 23.6. The number of primary amides is 1. The molecule has 10 heteroatoms. The van der Waals surface area contributed by atoms with Crippen LogP contribution in [0.1, 0.15) is 81.1 Å². The first kappa shape index (κ1) is 28.9. The number of likely N-dealkylation sites (tertiary alicyclic amines) is 1. The molecule has 3 fully saturated rings. The third-order valence-electron chi connectivity index (χ3n) is 8.31. The number of fused-ring (bicyclic) bond motifs is 1. The van der Waals surface area contributed by atoms with E-state index < -0.39 is 52.7 Å². The van der Waals surface area contributed by atoms with Gasteiger partial charge in [0.1, 0.15) is 12.1 Å². The lowest BCUT2D eigenvalue weighted by Crippen LogP contribution is -2.62. The number of Topliss-reactive ketones (excluding diaryl/α,β-unsaturated/α-hetero) is 1. The van der Waals surface area contributed by atoms with Gasteiger partial charge < -0.3 is 26.6 Å². The maximum Gasteiger partial charge on any atom is 0.315 e. The summed E-state index contributed by atoms with van der Waals surface area (Å²) < 4.78 is 0. The van der Waals surface area contributed by atoms with Crippen molar-refractivity contribution < 1.29 is 24.0 Å². The zero-order valence-electron chi connectivity index (χ0n) is 23.6. The molecule has 0 aromatic carbocycles. The van der Waals surface area contributed by atoms with Crippen molar-refractivity contribution in [1.29, 1.82) is 0 Å². The predicted molar refractivity (Wildman–Crippen MR) is 139 cm³/mol. The van der Waals surface area contributed by atoms with Crippen LogP contribution in [-0.4, -0.2) is 64.6 Å². The first-order valence-corrected chi connectivity index (χ1v) is 13.4. The smallest absolute Gasteiger partial charge is 0.315 e. The largest absolute Gasteiger partial charge is 0.363 e. The first-order chi connectivity index (χ1) is 16.8. The normalized spacial score (nSPS) is 26.3. The topological polar surface area (TPSA) is 151 Å². The van der Waals surface area contributed by atoms with E-state index in [0.717, 1.165) is 19.3 Å². The second kappa shape index (κ2) is 9.91. The Morgan fingerprint density at radius 2 is 1.59 bits per heavy atom. The summed E-state index contributed by atoms with van der Waals surface area (Å²) >= 11 is 0. The van der Waals surface area contributed by atoms with Crippen molar-refractivity contribution in [2.75, 3.05) is 6.54 Å². The number of hydrogen-bond donors (Lipinski definition) is 4. The van der Waals surface area contributed by atoms with Crippen molar-refractivity contribution in [2.24, 2.45) is 34.3 Å². The van der Waals surface area contributed by atoms with Crippen LogP contribution in [0.5, 0.6) is 0 Å². The van der Waals surface area contributed by atoms with Gasteiger partial charge in [0, 0.05) is 12.1 Å². The molecule has 208 valence electrons. The molecule has 0 radical (unpaired) electrons. The number of urea groups is 1. The van der Waals surface area contributed by atoms with Gasteiger partial charge in [-0.25, -0.2) is 4.79 Å². The van der Waals surface area contributed by atoms with Gasteiger partial charge in [0.25, 0.3) is 5.91 Å². The predicted octanol–water partition coefficient (Wildman–Crippen LogP) is 1.71. The van der Waals surface area contributed by atoms with E-state index in [4.69, 9.17) is 5.73 Å². The van der Waals surface area contributed by atoms with E-state index in [-0.39, 0.29) is 29.1 Å². The van der Waals surface area contributed by atoms with Crippen LogP contribution in [0.4, 0.5) is 4.79 Å². The number of carbonyl (C=O) groups excluding carboxylic acids is 5. The quantitative estimate of drug-likeness (QED) is 0.360. The van der Waals surface area contributed by atoms with E-state index in [2.05, 4.69) is 29.8 Å². The van der Waals surface area contributed by atoms with Crippen LogP contribution < -0.4 is 21.7 Å². The van der Waals surface area contributed by atoms with Gasteiger partial charge in [-0.1, -0.05) is 53.9 Å². The van der Waals surface area contributed by atoms with Gasteiger partial charge in [-0.15, -0.1) is 0 Å². The summed E-state index contributed by atoms with van der Waals surface area (Å²) in [6, 6.07) is -3.13. The van der Waals surface area contributed by atoms with Crippen LogP contribution >= 0.6 is 0 Å². The van der Waals surface area contributed by atoms with Crippen LogP contribution in [0.25, 0.3) is 0 Å². The minimum Gasteiger partial charge on any atom is -0.363 e. The van der Waals surface area contributed by atoms with E-state index in [1.165, 1.54) is 0 Å². The maximum atomic E-state index is 13.9. The Balaban J connectivity index is 1.83. The molecule has 1 saturated heterocycles. The summed E-state index contributed by atoms with van der Waals surface area (Å²) in [6.07, 6.45) is 3.31. The van der Waals surface area contributed by atoms with E-state index in [9.17, 15) is 24.0 Å². The second-order valence-corrected chi connectivity index (χ2v) is 13.9. The number of nitrogens with two attached hydrogens (primary N) is 1. The van der Waals surface area contributed by atoms with Gasteiger partial charge in [-0.05, 0) is 55.8 Å². The summed E-state index contributed by atoms with van der Waals surface area (Å²) in [7, 11) is 0. The molecule has 0 spiro atoms. The van der Waals surface area contributed by atoms with Crippen molar-refractivity contribution >= 4 is 29.5 Å². The molecule has 1 aliphatic heterocycles. The number of piperidine rings is 1. The van der Waals surface area contributed by atoms with Crippen molar-refractivity contribution in [3.05, 3.63) is 0 Å². The molecule has 5 atom stereocenters. The summed E-state index contributed by atoms with van der Waals surface area (Å²) in [5.41, 5.74) is 4.04. The Bertz CT molecular complexity index is 959. The molecular weight excluding hydrogens is 474 g/mol. The van der Waals surface area contributed by atoms with Crippen LogP contribution in [-0.2, 0) is 19.2 Å². The average Bonchev–Trinajstić information content (AvgIpc) is 3.06. The maximum absolute atomic E-state index is 13.9. The van der Waals surface area contributed by atoms with Gasteiger partial charge >= 0.3 is 6.03 Å². The van der Waals surface area contributed by atoms with Crippen molar-refractivity contribution in [3.8, 4) is 0 Å². The van der Waals surface area contributed by atoms with Gasteiger partial charge in [-0.2, -0.15) is 0 Å². The van der Waals surface area contributed by atoms with Crippen molar-refractivity contribution in [3.63, 3.8) is 0 Å². The third-order valence-corrected chi connectivity index (χ3v) is 8.31. The van der Waals surface area contributed by atoms with Gasteiger partial charge in [0.15, 0.2) is 0 Å². The number of rotatable bonds is 8. The molecule has 37 heavy (non-hydrogen) atoms. The fourth-order valence-electron chi connectivity index (χ4n) is 5.86. The molecule has 10 nitrogen and oxygen atoms in total. The van der Waals surface area contributed by atoms with Gasteiger partial charge in [-0.3, -0.25) is 19.2 Å². The average molecular weight is 520 g/mol. The van der Waals surface area contributed by atoms with E-state index in [1.54, 1.807) is 4.90 Å². The molecule has 3 rings (SSSR count). The molecular formula is C27H45N5O5. The number of nitrogens with one attached hydrogen (secondary N) is 3. The molecule has 0 bridgehead atoms. The number of nitrogens with zero attached hydrogens (tertiary/aromatic N) is 1. The fourth-order valence-corrected chi connectivity index (χ4v) is 5.86. The number of amides is 5. The molecule has 0 aromatic heterocycles. The van der Waals surface area contributed by atoms with Gasteiger partial charge in [0.05, 0.1) is 6.04 Å². The van der Waals surface area contributed by atoms with E-state index >= 15 is 0 Å². The molecule has 4 unspecified atom stereocenters. The third kappa shape index (κ3) is 6.26. The summed E-state index contributed by atoms with van der Waals surface area (Å²) in [6.45, 7) is 15.7. The van der Waals surface area contributed by atoms with Crippen LogP contribution in [0.15, 0.2) is 0 Å². The highest BCUT2D eigenvalue weighted by molar-refractivity contribution is 6.37. The summed E-state index contributed by atoms with van der Waals surface area (Å²) in [5.74, 6) is -2.35. The van der Waals surface area contributed by atoms with Crippen LogP contribution in [0.3, 0.4) is 0 Å². The van der Waals surface area contributed by atoms with Crippen molar-refractivity contribution in [1.82, 2.24) is 20.9 Å². The molecule has 1 heterocycles. The Hall–Kier alpha value is -2.65. The molecule has 5 N–H and O–H groups in total. The number of carbonyl (C=O) groups is 5. The van der Waals surface area contributed by atoms with E-state index in [0.29, 0.717) is 13.0 Å². The molecule has 5 amide bonds. The minimum atomic E-state index is -1.07. The molecule has 3 aliphatic rings. The highest BCUT2D eigenvalue weighted by atomic mass is 16.2. The zero-order chi connectivity index (χ0) is 28.1. The molecule has 0 aromatic rings. The Labute approximate surface area is 220 Å². The highest BCUT2D eigenvalue weighted by Gasteiger charge is 2.70. The van der Waals surface area contributed by atoms with E-state index in [1.807, 2.05) is 41.5 Å². The summed E-state index contributed by atoms with van der Waals surface area (Å²) in [4.78, 5) is 66.1. The second-order valence-electron chi connectivity index (χ2n) is 13.9. The Kier molecular flexibility index (Phi) is 7.74. The Morgan fingerprint density at radius 3 is 2.05 bits per heavy atom. The lowest BCUT2D eigenvalue weighted by Gasteiger charge is -2.38. The van der Waals surface area contributed by atoms with Crippen molar-refractivity contribution in [2.45, 2.75) is 105 Å². The number of ketones is 1. The van der Waals surface area contributed by atoms with Crippen LogP contribution in [0, 0.1) is 28.6 Å². The lowest BCUT2D eigenvalue weighted by molar-refractivity contribution is -0.145. The lowest BCUT2D eigenvalue weighted by atomic mass is 9.80. The SMILES string of the molecule is CC(C)(C)NC(=O)NC(C(=O)N1CC2[C@H](C1C(=O)NC(CC1CCC1)C(=O)C(N)=O)C2(C)C)C(C)(C)C. The molecule has 2 aliphatic carbocycles. The van der Waals surface area contributed by atoms with Gasteiger partial charge in [0.2, 0.25) is 17.6 Å². The monoisotopic (exact) mass is 519 g/mol. The summed E-state index contributed by atoms with van der Waals surface area (Å²) in [5, 5.41) is 8.44. The first-order valence-electron chi connectivity index (χ1n) is 13.4. The standard InChI is InChI=1S/C27H45N5O5/c1-25(2,3)20(30-24(37)31-26(4,5)6)23(36)32-13-15-17(27(15,7)8)18(32)22(35)29-16(19(33)21(28)34)12-14-10-9-11-14/h14-18,20H,9-13H2,1-8H3,(H2,28,34)(H,29,35)(H2,30,31,37)/t15?,16?,17-,18?,20?/m1/s1. The fraction of sp³-hybridized carbons (Fsp3) is 0.815.